The molecule has 0 amide bonds. The van der Waals surface area contributed by atoms with Crippen LogP contribution in [0.5, 0.6) is 0 Å². The monoisotopic (exact) mass is 213 g/mol. The van der Waals surface area contributed by atoms with Gasteiger partial charge in [-0.15, -0.1) is 0 Å². The summed E-state index contributed by atoms with van der Waals surface area (Å²) < 4.78 is 4.87. The zero-order valence-corrected chi connectivity index (χ0v) is 8.89. The van der Waals surface area contributed by atoms with Gasteiger partial charge in [-0.25, -0.2) is 4.79 Å². The number of rotatable bonds is 2. The molecule has 4 heteroatoms. The van der Waals surface area contributed by atoms with Gasteiger partial charge in [0.15, 0.2) is 0 Å². The first-order valence-electron chi connectivity index (χ1n) is 4.29. The number of halogens is 1. The summed E-state index contributed by atoms with van der Waals surface area (Å²) in [5, 5.41) is 0.480. The van der Waals surface area contributed by atoms with Crippen LogP contribution >= 0.6 is 11.6 Å². The van der Waals surface area contributed by atoms with Crippen molar-refractivity contribution in [1.82, 2.24) is 0 Å². The van der Waals surface area contributed by atoms with Gasteiger partial charge in [0, 0.05) is 10.7 Å². The summed E-state index contributed by atoms with van der Waals surface area (Å²) >= 11 is 5.88. The Kier molecular flexibility index (Phi) is 3.36. The van der Waals surface area contributed by atoms with Gasteiger partial charge < -0.3 is 10.5 Å². The van der Waals surface area contributed by atoms with Crippen molar-refractivity contribution in [1.29, 1.82) is 0 Å². The molecule has 2 N–H and O–H groups in total. The Morgan fingerprint density at radius 3 is 2.79 bits per heavy atom. The van der Waals surface area contributed by atoms with E-state index in [0.29, 0.717) is 28.4 Å². The second-order valence-electron chi connectivity index (χ2n) is 2.90. The molecule has 1 aromatic carbocycles. The fourth-order valence-electron chi connectivity index (χ4n) is 1.12. The SMILES string of the molecule is CCOC(=O)c1cc(N)cc(Cl)c1C. The maximum atomic E-state index is 11.4. The number of nitrogens with two attached hydrogens (primary N) is 1. The van der Waals surface area contributed by atoms with Gasteiger partial charge in [-0.05, 0) is 31.5 Å². The zero-order valence-electron chi connectivity index (χ0n) is 8.13. The fraction of sp³-hybridized carbons (Fsp3) is 0.300. The molecule has 0 aliphatic heterocycles. The van der Waals surface area contributed by atoms with Crippen LogP contribution in [0, 0.1) is 6.92 Å². The van der Waals surface area contributed by atoms with Crippen LogP contribution in [0.4, 0.5) is 5.69 Å². The minimum Gasteiger partial charge on any atom is -0.462 e. The van der Waals surface area contributed by atoms with Crippen LogP contribution < -0.4 is 5.73 Å². The molecule has 0 radical (unpaired) electrons. The number of nitrogen functional groups attached to an aromatic ring is 1. The summed E-state index contributed by atoms with van der Waals surface area (Å²) in [6.45, 7) is 3.85. The minimum absolute atomic E-state index is 0.338. The van der Waals surface area contributed by atoms with Gasteiger partial charge in [-0.1, -0.05) is 11.6 Å². The first-order valence-corrected chi connectivity index (χ1v) is 4.66. The summed E-state index contributed by atoms with van der Waals surface area (Å²) in [6.07, 6.45) is 0. The standard InChI is InChI=1S/C10H12ClNO2/c1-3-14-10(13)8-4-7(12)5-9(11)6(8)2/h4-5H,3,12H2,1-2H3. The number of carbonyl (C=O) groups is 1. The van der Waals surface area contributed by atoms with Crippen LogP contribution in [-0.4, -0.2) is 12.6 Å². The maximum Gasteiger partial charge on any atom is 0.338 e. The number of hydrogen-bond acceptors (Lipinski definition) is 3. The van der Waals surface area contributed by atoms with E-state index in [1.54, 1.807) is 26.0 Å². The Morgan fingerprint density at radius 1 is 1.57 bits per heavy atom. The minimum atomic E-state index is -0.390. The van der Waals surface area contributed by atoms with Crippen molar-refractivity contribution in [2.75, 3.05) is 12.3 Å². The molecule has 0 unspecified atom stereocenters. The molecular formula is C10H12ClNO2. The summed E-state index contributed by atoms with van der Waals surface area (Å²) in [5.41, 5.74) is 7.15. The molecule has 14 heavy (non-hydrogen) atoms. The lowest BCUT2D eigenvalue weighted by atomic mass is 10.1. The van der Waals surface area contributed by atoms with Crippen molar-refractivity contribution >= 4 is 23.3 Å². The molecule has 1 aromatic rings. The van der Waals surface area contributed by atoms with Crippen molar-refractivity contribution in [3.63, 3.8) is 0 Å². The molecule has 0 fully saturated rings. The number of esters is 1. The first kappa shape index (κ1) is 10.9. The molecule has 0 saturated carbocycles. The third kappa shape index (κ3) is 2.17. The Morgan fingerprint density at radius 2 is 2.21 bits per heavy atom. The van der Waals surface area contributed by atoms with Gasteiger partial charge in [0.25, 0.3) is 0 Å². The smallest absolute Gasteiger partial charge is 0.338 e. The van der Waals surface area contributed by atoms with E-state index >= 15 is 0 Å². The normalized spacial score (nSPS) is 9.93. The van der Waals surface area contributed by atoms with E-state index in [4.69, 9.17) is 22.1 Å². The van der Waals surface area contributed by atoms with Gasteiger partial charge in [0.1, 0.15) is 0 Å². The highest BCUT2D eigenvalue weighted by atomic mass is 35.5. The molecule has 0 saturated heterocycles. The Balaban J connectivity index is 3.13. The summed E-state index contributed by atoms with van der Waals surface area (Å²) in [7, 11) is 0. The quantitative estimate of drug-likeness (QED) is 0.606. The molecule has 0 aliphatic carbocycles. The third-order valence-corrected chi connectivity index (χ3v) is 2.25. The van der Waals surface area contributed by atoms with Gasteiger partial charge in [-0.3, -0.25) is 0 Å². The molecule has 0 aliphatic rings. The lowest BCUT2D eigenvalue weighted by molar-refractivity contribution is 0.0525. The summed E-state index contributed by atoms with van der Waals surface area (Å²) in [6, 6.07) is 3.18. The molecule has 3 nitrogen and oxygen atoms in total. The highest BCUT2D eigenvalue weighted by Crippen LogP contribution is 2.23. The molecule has 76 valence electrons. The van der Waals surface area contributed by atoms with Crippen LogP contribution in [-0.2, 0) is 4.74 Å². The van der Waals surface area contributed by atoms with Gasteiger partial charge in [-0.2, -0.15) is 0 Å². The summed E-state index contributed by atoms with van der Waals surface area (Å²) in [5.74, 6) is -0.390. The number of carbonyl (C=O) groups excluding carboxylic acids is 1. The lowest BCUT2D eigenvalue weighted by Gasteiger charge is -2.07. The average Bonchev–Trinajstić information content (AvgIpc) is 2.11. The predicted molar refractivity (Wildman–Crippen MR) is 56.6 cm³/mol. The largest absolute Gasteiger partial charge is 0.462 e. The maximum absolute atomic E-state index is 11.4. The van der Waals surface area contributed by atoms with Crippen LogP contribution in [0.2, 0.25) is 5.02 Å². The number of ether oxygens (including phenoxy) is 1. The lowest BCUT2D eigenvalue weighted by Crippen LogP contribution is -2.07. The second kappa shape index (κ2) is 4.33. The Bertz CT molecular complexity index is 363. The van der Waals surface area contributed by atoms with E-state index in [1.165, 1.54) is 0 Å². The van der Waals surface area contributed by atoms with Crippen molar-refractivity contribution in [3.05, 3.63) is 28.3 Å². The fourth-order valence-corrected chi connectivity index (χ4v) is 1.35. The van der Waals surface area contributed by atoms with E-state index in [-0.39, 0.29) is 5.97 Å². The van der Waals surface area contributed by atoms with Gasteiger partial charge in [0.05, 0.1) is 12.2 Å². The van der Waals surface area contributed by atoms with Crippen molar-refractivity contribution in [2.24, 2.45) is 0 Å². The highest BCUT2D eigenvalue weighted by Gasteiger charge is 2.12. The van der Waals surface area contributed by atoms with E-state index < -0.39 is 0 Å². The number of benzene rings is 1. The Labute approximate surface area is 87.8 Å². The van der Waals surface area contributed by atoms with Gasteiger partial charge >= 0.3 is 5.97 Å². The Hall–Kier alpha value is -1.22. The first-order chi connectivity index (χ1) is 6.56. The van der Waals surface area contributed by atoms with E-state index in [9.17, 15) is 4.79 Å². The van der Waals surface area contributed by atoms with E-state index in [1.807, 2.05) is 0 Å². The third-order valence-electron chi connectivity index (χ3n) is 1.86. The number of hydrogen-bond donors (Lipinski definition) is 1. The molecule has 0 heterocycles. The second-order valence-corrected chi connectivity index (χ2v) is 3.30. The van der Waals surface area contributed by atoms with E-state index in [0.717, 1.165) is 0 Å². The average molecular weight is 214 g/mol. The van der Waals surface area contributed by atoms with Crippen molar-refractivity contribution in [3.8, 4) is 0 Å². The zero-order chi connectivity index (χ0) is 10.7. The van der Waals surface area contributed by atoms with Crippen molar-refractivity contribution < 1.29 is 9.53 Å². The molecule has 0 spiro atoms. The molecular weight excluding hydrogens is 202 g/mol. The van der Waals surface area contributed by atoms with Gasteiger partial charge in [0.2, 0.25) is 0 Å². The van der Waals surface area contributed by atoms with Crippen molar-refractivity contribution in [2.45, 2.75) is 13.8 Å². The van der Waals surface area contributed by atoms with Crippen LogP contribution in [0.1, 0.15) is 22.8 Å². The topological polar surface area (TPSA) is 52.3 Å². The molecule has 0 aromatic heterocycles. The molecule has 1 rings (SSSR count). The molecule has 0 bridgehead atoms. The van der Waals surface area contributed by atoms with E-state index in [2.05, 4.69) is 0 Å². The summed E-state index contributed by atoms with van der Waals surface area (Å²) in [4.78, 5) is 11.4. The number of anilines is 1. The predicted octanol–water partition coefficient (Wildman–Crippen LogP) is 2.41. The highest BCUT2D eigenvalue weighted by molar-refractivity contribution is 6.32. The molecule has 0 atom stereocenters. The van der Waals surface area contributed by atoms with Crippen LogP contribution in [0.25, 0.3) is 0 Å². The van der Waals surface area contributed by atoms with Crippen LogP contribution in [0.3, 0.4) is 0 Å². The van der Waals surface area contributed by atoms with Crippen LogP contribution in [0.15, 0.2) is 12.1 Å².